The maximum Gasteiger partial charge on any atom is 0.243 e. The molecular formula is C13H16NO4S-. The molecule has 0 atom stereocenters. The Morgan fingerprint density at radius 3 is 2.21 bits per heavy atom. The van der Waals surface area contributed by atoms with Crippen LogP contribution in [0.3, 0.4) is 0 Å². The lowest BCUT2D eigenvalue weighted by molar-refractivity contribution is -0.312. The smallest absolute Gasteiger partial charge is 0.243 e. The van der Waals surface area contributed by atoms with Crippen molar-refractivity contribution < 1.29 is 18.3 Å². The summed E-state index contributed by atoms with van der Waals surface area (Å²) in [4.78, 5) is 11.0. The Morgan fingerprint density at radius 2 is 1.74 bits per heavy atom. The van der Waals surface area contributed by atoms with Crippen molar-refractivity contribution in [2.24, 2.45) is 5.92 Å². The minimum absolute atomic E-state index is 0.231. The van der Waals surface area contributed by atoms with Crippen LogP contribution in [-0.2, 0) is 14.8 Å². The highest BCUT2D eigenvalue weighted by Gasteiger charge is 2.29. The number of sulfonamides is 1. The van der Waals surface area contributed by atoms with Crippen LogP contribution >= 0.6 is 0 Å². The van der Waals surface area contributed by atoms with Crippen LogP contribution in [0, 0.1) is 12.8 Å². The number of nitrogens with zero attached hydrogens (tertiary/aromatic N) is 1. The van der Waals surface area contributed by atoms with Gasteiger partial charge in [0.15, 0.2) is 0 Å². The van der Waals surface area contributed by atoms with E-state index in [0.717, 1.165) is 5.56 Å². The van der Waals surface area contributed by atoms with E-state index >= 15 is 0 Å². The molecule has 0 bridgehead atoms. The molecule has 0 N–H and O–H groups in total. The highest BCUT2D eigenvalue weighted by Crippen LogP contribution is 2.23. The molecule has 1 fully saturated rings. The molecule has 1 saturated heterocycles. The van der Waals surface area contributed by atoms with Crippen molar-refractivity contribution in [3.63, 3.8) is 0 Å². The molecule has 0 unspecified atom stereocenters. The highest BCUT2D eigenvalue weighted by atomic mass is 32.2. The van der Waals surface area contributed by atoms with Crippen LogP contribution in [0.1, 0.15) is 18.4 Å². The van der Waals surface area contributed by atoms with E-state index in [-0.39, 0.29) is 18.0 Å². The summed E-state index contributed by atoms with van der Waals surface area (Å²) < 4.78 is 26.0. The van der Waals surface area contributed by atoms with E-state index in [2.05, 4.69) is 0 Å². The molecule has 19 heavy (non-hydrogen) atoms. The highest BCUT2D eigenvalue weighted by molar-refractivity contribution is 7.89. The van der Waals surface area contributed by atoms with Gasteiger partial charge in [0, 0.05) is 25.0 Å². The quantitative estimate of drug-likeness (QED) is 0.790. The number of aliphatic carboxylic acids is 1. The van der Waals surface area contributed by atoms with Crippen LogP contribution in [0.15, 0.2) is 29.2 Å². The Labute approximate surface area is 112 Å². The molecule has 2 rings (SSSR count). The number of carbonyl (C=O) groups excluding carboxylic acids is 1. The zero-order valence-electron chi connectivity index (χ0n) is 10.7. The van der Waals surface area contributed by atoms with Crippen LogP contribution in [0.25, 0.3) is 0 Å². The zero-order valence-corrected chi connectivity index (χ0v) is 11.5. The molecule has 1 aliphatic heterocycles. The number of carboxylic acids is 1. The van der Waals surface area contributed by atoms with Gasteiger partial charge in [-0.1, -0.05) is 17.7 Å². The summed E-state index contributed by atoms with van der Waals surface area (Å²) in [5.74, 6) is -1.63. The largest absolute Gasteiger partial charge is 0.550 e. The lowest BCUT2D eigenvalue weighted by Crippen LogP contribution is -2.43. The van der Waals surface area contributed by atoms with E-state index < -0.39 is 21.9 Å². The number of piperidine rings is 1. The van der Waals surface area contributed by atoms with Gasteiger partial charge in [-0.3, -0.25) is 0 Å². The predicted molar refractivity (Wildman–Crippen MR) is 67.7 cm³/mol. The Balaban J connectivity index is 2.14. The molecule has 0 amide bonds. The molecule has 1 heterocycles. The molecule has 1 aliphatic rings. The number of carbonyl (C=O) groups is 1. The van der Waals surface area contributed by atoms with Gasteiger partial charge in [0.05, 0.1) is 4.90 Å². The normalized spacial score (nSPS) is 18.4. The first-order valence-electron chi connectivity index (χ1n) is 6.19. The number of hydrogen-bond acceptors (Lipinski definition) is 4. The first kappa shape index (κ1) is 14.0. The van der Waals surface area contributed by atoms with Gasteiger partial charge >= 0.3 is 0 Å². The van der Waals surface area contributed by atoms with E-state index in [9.17, 15) is 18.3 Å². The minimum Gasteiger partial charge on any atom is -0.550 e. The monoisotopic (exact) mass is 282 g/mol. The second-order valence-corrected chi connectivity index (χ2v) is 6.75. The molecule has 0 spiro atoms. The maximum absolute atomic E-state index is 12.3. The van der Waals surface area contributed by atoms with Crippen molar-refractivity contribution in [1.29, 1.82) is 0 Å². The van der Waals surface area contributed by atoms with Crippen LogP contribution in [0.5, 0.6) is 0 Å². The summed E-state index contributed by atoms with van der Waals surface area (Å²) in [6.45, 7) is 2.35. The summed E-state index contributed by atoms with van der Waals surface area (Å²) in [6.07, 6.45) is 0.626. The van der Waals surface area contributed by atoms with E-state index in [1.807, 2.05) is 6.92 Å². The Kier molecular flexibility index (Phi) is 3.91. The van der Waals surface area contributed by atoms with E-state index in [0.29, 0.717) is 12.8 Å². The fraction of sp³-hybridized carbons (Fsp3) is 0.462. The van der Waals surface area contributed by atoms with E-state index in [1.165, 1.54) is 4.31 Å². The van der Waals surface area contributed by atoms with Crippen LogP contribution in [0.4, 0.5) is 0 Å². The average molecular weight is 282 g/mol. The first-order chi connectivity index (χ1) is 8.91. The fourth-order valence-electron chi connectivity index (χ4n) is 2.19. The molecule has 0 saturated carbocycles. The topological polar surface area (TPSA) is 77.5 Å². The molecule has 6 heteroatoms. The Hall–Kier alpha value is -1.40. The number of benzene rings is 1. The van der Waals surface area contributed by atoms with Gasteiger partial charge in [0.1, 0.15) is 0 Å². The summed E-state index contributed by atoms with van der Waals surface area (Å²) in [6, 6.07) is 6.66. The molecular weight excluding hydrogens is 266 g/mol. The number of carboxylic acid groups (broad SMARTS) is 1. The lowest BCUT2D eigenvalue weighted by atomic mass is 9.99. The second kappa shape index (κ2) is 5.30. The minimum atomic E-state index is -3.51. The van der Waals surface area contributed by atoms with E-state index in [1.54, 1.807) is 24.3 Å². The third kappa shape index (κ3) is 2.96. The summed E-state index contributed by atoms with van der Waals surface area (Å²) >= 11 is 0. The zero-order chi connectivity index (χ0) is 14.0. The van der Waals surface area contributed by atoms with Crippen LogP contribution < -0.4 is 5.11 Å². The first-order valence-corrected chi connectivity index (χ1v) is 7.63. The Bertz CT molecular complexity index is 557. The predicted octanol–water partition coefficient (Wildman–Crippen LogP) is 0.146. The van der Waals surface area contributed by atoms with Gasteiger partial charge in [0.25, 0.3) is 0 Å². The lowest BCUT2D eigenvalue weighted by Gasteiger charge is -2.31. The van der Waals surface area contributed by atoms with Crippen molar-refractivity contribution in [2.45, 2.75) is 24.7 Å². The number of rotatable bonds is 3. The van der Waals surface area contributed by atoms with E-state index in [4.69, 9.17) is 0 Å². The molecule has 1 aromatic carbocycles. The third-order valence-corrected chi connectivity index (χ3v) is 5.36. The summed E-state index contributed by atoms with van der Waals surface area (Å²) in [7, 11) is -3.51. The van der Waals surface area contributed by atoms with Gasteiger partial charge in [-0.15, -0.1) is 0 Å². The van der Waals surface area contributed by atoms with Crippen molar-refractivity contribution in [2.75, 3.05) is 13.1 Å². The summed E-state index contributed by atoms with van der Waals surface area (Å²) in [5, 5.41) is 10.7. The van der Waals surface area contributed by atoms with Crippen molar-refractivity contribution in [3.05, 3.63) is 29.8 Å². The van der Waals surface area contributed by atoms with Gasteiger partial charge in [0.2, 0.25) is 10.0 Å². The molecule has 104 valence electrons. The maximum atomic E-state index is 12.3. The third-order valence-electron chi connectivity index (χ3n) is 3.45. The average Bonchev–Trinajstić information content (AvgIpc) is 2.39. The van der Waals surface area contributed by atoms with Crippen molar-refractivity contribution >= 4 is 16.0 Å². The SMILES string of the molecule is Cc1ccc(S(=O)(=O)N2CCC(C(=O)[O-])CC2)cc1. The van der Waals surface area contributed by atoms with Gasteiger partial charge in [-0.25, -0.2) is 8.42 Å². The van der Waals surface area contributed by atoms with Gasteiger partial charge in [-0.05, 0) is 31.9 Å². The standard InChI is InChI=1S/C13H17NO4S/c1-10-2-4-12(5-3-10)19(17,18)14-8-6-11(7-9-14)13(15)16/h2-5,11H,6-9H2,1H3,(H,15,16)/p-1. The van der Waals surface area contributed by atoms with Gasteiger partial charge < -0.3 is 9.90 Å². The van der Waals surface area contributed by atoms with Crippen LogP contribution in [0.2, 0.25) is 0 Å². The molecule has 5 nitrogen and oxygen atoms in total. The second-order valence-electron chi connectivity index (χ2n) is 4.81. The molecule has 1 aromatic rings. The van der Waals surface area contributed by atoms with Crippen molar-refractivity contribution in [3.8, 4) is 0 Å². The van der Waals surface area contributed by atoms with Gasteiger partial charge in [-0.2, -0.15) is 4.31 Å². The Morgan fingerprint density at radius 1 is 1.21 bits per heavy atom. The number of hydrogen-bond donors (Lipinski definition) is 0. The number of aryl methyl sites for hydroxylation is 1. The molecule has 0 aromatic heterocycles. The fourth-order valence-corrected chi connectivity index (χ4v) is 3.66. The summed E-state index contributed by atoms with van der Waals surface area (Å²) in [5.41, 5.74) is 0.995. The molecule has 0 aliphatic carbocycles. The van der Waals surface area contributed by atoms with Crippen LogP contribution in [-0.4, -0.2) is 31.8 Å². The van der Waals surface area contributed by atoms with Crippen molar-refractivity contribution in [1.82, 2.24) is 4.31 Å². The molecule has 0 radical (unpaired) electrons.